The Bertz CT molecular complexity index is 1150. The van der Waals surface area contributed by atoms with Crippen LogP contribution in [0.15, 0.2) is 54.2 Å². The molecule has 8 heteroatoms. The second kappa shape index (κ2) is 10.7. The highest BCUT2D eigenvalue weighted by molar-refractivity contribution is 6.31. The first-order valence-electron chi connectivity index (χ1n) is 10.9. The van der Waals surface area contributed by atoms with E-state index in [1.807, 2.05) is 37.9 Å². The third kappa shape index (κ3) is 5.59. The Morgan fingerprint density at radius 3 is 2.59 bits per heavy atom. The van der Waals surface area contributed by atoms with Gasteiger partial charge in [0.1, 0.15) is 17.4 Å². The molecule has 1 fully saturated rings. The smallest absolute Gasteiger partial charge is 0.269 e. The maximum atomic E-state index is 13.2. The fourth-order valence-electron chi connectivity index (χ4n) is 4.31. The molecule has 6 nitrogen and oxygen atoms in total. The predicted molar refractivity (Wildman–Crippen MR) is 130 cm³/mol. The maximum Gasteiger partial charge on any atom is 0.269 e. The van der Waals surface area contributed by atoms with E-state index >= 15 is 0 Å². The van der Waals surface area contributed by atoms with Crippen LogP contribution in [0.4, 0.5) is 10.1 Å². The zero-order valence-corrected chi connectivity index (χ0v) is 20.2. The van der Waals surface area contributed by atoms with E-state index in [0.717, 1.165) is 28.4 Å². The van der Waals surface area contributed by atoms with Gasteiger partial charge in [-0.2, -0.15) is 4.39 Å². The monoisotopic (exact) mass is 483 g/mol. The number of benzene rings is 1. The predicted octanol–water partition coefficient (Wildman–Crippen LogP) is 4.60. The van der Waals surface area contributed by atoms with Gasteiger partial charge in [-0.25, -0.2) is 4.98 Å². The van der Waals surface area contributed by atoms with Gasteiger partial charge in [-0.05, 0) is 67.3 Å². The second-order valence-electron chi connectivity index (χ2n) is 8.42. The third-order valence-electron chi connectivity index (χ3n) is 5.97. The Kier molecular flexibility index (Phi) is 7.99. The van der Waals surface area contributed by atoms with Crippen molar-refractivity contribution in [2.24, 2.45) is 5.92 Å². The molecule has 1 N–H and O–H groups in total. The van der Waals surface area contributed by atoms with Crippen LogP contribution in [0, 0.1) is 25.7 Å². The number of amides is 1. The van der Waals surface area contributed by atoms with Crippen LogP contribution in [-0.2, 0) is 9.59 Å². The molecule has 1 aliphatic rings. The summed E-state index contributed by atoms with van der Waals surface area (Å²) in [4.78, 5) is 43.6. The van der Waals surface area contributed by atoms with E-state index in [-0.39, 0.29) is 30.2 Å². The van der Waals surface area contributed by atoms with Gasteiger partial charge in [0.15, 0.2) is 5.78 Å². The average Bonchev–Trinajstić information content (AvgIpc) is 3.06. The number of pyridine rings is 1. The highest BCUT2D eigenvalue weighted by Gasteiger charge is 2.42. The average molecular weight is 484 g/mol. The standard InChI is InChI=1S/C26H27ClFN3O3/c1-5-18(27)14-31(4)19-11-15(2)23(16(3)12-19)24-21(32)13-17(25(24)33)9-10-29-26(34)20-7-6-8-22(28)30-20/h5-8,11-12,14,17,24H,1,9-10,13H2,2-4H3,(H,29,34)/b18-14+. The van der Waals surface area contributed by atoms with E-state index in [1.165, 1.54) is 12.1 Å². The van der Waals surface area contributed by atoms with E-state index in [1.54, 1.807) is 12.3 Å². The molecule has 2 unspecified atom stereocenters. The Morgan fingerprint density at radius 1 is 1.29 bits per heavy atom. The van der Waals surface area contributed by atoms with E-state index in [4.69, 9.17) is 11.6 Å². The number of hydrogen-bond acceptors (Lipinski definition) is 5. The molecule has 0 saturated heterocycles. The van der Waals surface area contributed by atoms with Gasteiger partial charge in [0.25, 0.3) is 5.91 Å². The zero-order chi connectivity index (χ0) is 25.0. The lowest BCUT2D eigenvalue weighted by Crippen LogP contribution is -2.28. The Hall–Kier alpha value is -3.32. The van der Waals surface area contributed by atoms with Crippen LogP contribution < -0.4 is 10.2 Å². The minimum absolute atomic E-state index is 0.0350. The maximum absolute atomic E-state index is 13.2. The van der Waals surface area contributed by atoms with Crippen LogP contribution in [0.1, 0.15) is 45.9 Å². The Labute approximate surface area is 203 Å². The van der Waals surface area contributed by atoms with Crippen LogP contribution in [-0.4, -0.2) is 36.1 Å². The molecule has 2 aromatic rings. The molecule has 1 amide bonds. The summed E-state index contributed by atoms with van der Waals surface area (Å²) in [7, 11) is 1.86. The molecule has 0 spiro atoms. The lowest BCUT2D eigenvalue weighted by molar-refractivity contribution is -0.124. The Morgan fingerprint density at radius 2 is 1.97 bits per heavy atom. The van der Waals surface area contributed by atoms with Crippen LogP contribution in [0.25, 0.3) is 0 Å². The molecular formula is C26H27ClFN3O3. The van der Waals surface area contributed by atoms with Gasteiger partial charge in [0, 0.05) is 37.8 Å². The van der Waals surface area contributed by atoms with Crippen molar-refractivity contribution in [2.75, 3.05) is 18.5 Å². The van der Waals surface area contributed by atoms with Gasteiger partial charge in [-0.15, -0.1) is 0 Å². The van der Waals surface area contributed by atoms with Crippen molar-refractivity contribution in [3.8, 4) is 0 Å². The first-order valence-corrected chi connectivity index (χ1v) is 11.3. The van der Waals surface area contributed by atoms with Crippen molar-refractivity contribution in [3.63, 3.8) is 0 Å². The fourth-order valence-corrected chi connectivity index (χ4v) is 4.46. The highest BCUT2D eigenvalue weighted by Crippen LogP contribution is 2.38. The minimum atomic E-state index is -0.808. The summed E-state index contributed by atoms with van der Waals surface area (Å²) in [5.41, 5.74) is 3.28. The summed E-state index contributed by atoms with van der Waals surface area (Å²) in [6, 6.07) is 7.81. The number of rotatable bonds is 8. The summed E-state index contributed by atoms with van der Waals surface area (Å²) in [5.74, 6) is -2.80. The summed E-state index contributed by atoms with van der Waals surface area (Å²) in [6.45, 7) is 7.60. The van der Waals surface area contributed by atoms with Gasteiger partial charge in [-0.3, -0.25) is 14.4 Å². The summed E-state index contributed by atoms with van der Waals surface area (Å²) < 4.78 is 13.2. The number of aromatic nitrogens is 1. The highest BCUT2D eigenvalue weighted by atomic mass is 35.5. The fraction of sp³-hybridized carbons (Fsp3) is 0.308. The van der Waals surface area contributed by atoms with Crippen molar-refractivity contribution < 1.29 is 18.8 Å². The number of anilines is 1. The molecule has 0 aliphatic heterocycles. The van der Waals surface area contributed by atoms with Gasteiger partial charge < -0.3 is 10.2 Å². The molecular weight excluding hydrogens is 457 g/mol. The van der Waals surface area contributed by atoms with Crippen molar-refractivity contribution in [1.82, 2.24) is 10.3 Å². The number of Topliss-reactive ketones (excluding diaryl/α,β-unsaturated/α-hetero) is 2. The topological polar surface area (TPSA) is 79.4 Å². The molecule has 0 bridgehead atoms. The van der Waals surface area contributed by atoms with E-state index < -0.39 is 23.7 Å². The number of carbonyl (C=O) groups excluding carboxylic acids is 3. The molecule has 1 aromatic heterocycles. The largest absolute Gasteiger partial charge is 0.351 e. The van der Waals surface area contributed by atoms with Crippen LogP contribution >= 0.6 is 11.6 Å². The molecule has 34 heavy (non-hydrogen) atoms. The number of nitrogens with zero attached hydrogens (tertiary/aromatic N) is 2. The molecule has 1 saturated carbocycles. The van der Waals surface area contributed by atoms with Crippen LogP contribution in [0.5, 0.6) is 0 Å². The summed E-state index contributed by atoms with van der Waals surface area (Å²) >= 11 is 6.05. The zero-order valence-electron chi connectivity index (χ0n) is 19.4. The van der Waals surface area contributed by atoms with E-state index in [0.29, 0.717) is 11.5 Å². The number of allylic oxidation sites excluding steroid dienone is 2. The molecule has 178 valence electrons. The molecule has 3 rings (SSSR count). The lowest BCUT2D eigenvalue weighted by Gasteiger charge is -2.21. The number of hydrogen-bond donors (Lipinski definition) is 1. The van der Waals surface area contributed by atoms with E-state index in [2.05, 4.69) is 16.9 Å². The molecule has 1 aliphatic carbocycles. The molecule has 0 radical (unpaired) electrons. The molecule has 1 heterocycles. The van der Waals surface area contributed by atoms with Gasteiger partial charge in [0.2, 0.25) is 5.95 Å². The van der Waals surface area contributed by atoms with Gasteiger partial charge in [-0.1, -0.05) is 24.2 Å². The lowest BCUT2D eigenvalue weighted by atomic mass is 9.86. The normalized spacial score (nSPS) is 18.2. The summed E-state index contributed by atoms with van der Waals surface area (Å²) in [5, 5.41) is 3.14. The van der Waals surface area contributed by atoms with Crippen LogP contribution in [0.3, 0.4) is 0 Å². The van der Waals surface area contributed by atoms with E-state index in [9.17, 15) is 18.8 Å². The van der Waals surface area contributed by atoms with Gasteiger partial charge in [0.05, 0.1) is 5.03 Å². The number of halogens is 2. The minimum Gasteiger partial charge on any atom is -0.351 e. The quantitative estimate of drug-likeness (QED) is 0.337. The number of nitrogens with one attached hydrogen (secondary N) is 1. The Balaban J connectivity index is 1.70. The number of aryl methyl sites for hydroxylation is 2. The molecule has 1 aromatic carbocycles. The van der Waals surface area contributed by atoms with Gasteiger partial charge >= 0.3 is 0 Å². The SMILES string of the molecule is C=C/C(Cl)=C\N(C)c1cc(C)c(C2C(=O)CC(CCNC(=O)c3cccc(F)n3)C2=O)c(C)c1. The van der Waals surface area contributed by atoms with Crippen LogP contribution in [0.2, 0.25) is 0 Å². The number of ketones is 2. The van der Waals surface area contributed by atoms with Crippen molar-refractivity contribution >= 4 is 34.8 Å². The second-order valence-corrected chi connectivity index (χ2v) is 8.85. The van der Waals surface area contributed by atoms with Crippen molar-refractivity contribution in [2.45, 2.75) is 32.6 Å². The summed E-state index contributed by atoms with van der Waals surface area (Å²) in [6.07, 6.45) is 3.74. The third-order valence-corrected chi connectivity index (χ3v) is 6.22. The first kappa shape index (κ1) is 25.3. The van der Waals surface area contributed by atoms with Crippen molar-refractivity contribution in [3.05, 3.63) is 82.6 Å². The first-order chi connectivity index (χ1) is 16.1. The molecule has 2 atom stereocenters. The number of carbonyl (C=O) groups is 3. The van der Waals surface area contributed by atoms with Crippen molar-refractivity contribution in [1.29, 1.82) is 0 Å².